The Morgan fingerprint density at radius 2 is 2.13 bits per heavy atom. The van der Waals surface area contributed by atoms with E-state index in [1.165, 1.54) is 23.9 Å². The van der Waals surface area contributed by atoms with Gasteiger partial charge in [0, 0.05) is 28.2 Å². The number of carbonyl (C=O) groups is 1. The predicted octanol–water partition coefficient (Wildman–Crippen LogP) is 5.79. The summed E-state index contributed by atoms with van der Waals surface area (Å²) in [5.41, 5.74) is 2.10. The van der Waals surface area contributed by atoms with Crippen molar-refractivity contribution in [2.24, 2.45) is 4.99 Å². The van der Waals surface area contributed by atoms with E-state index >= 15 is 0 Å². The van der Waals surface area contributed by atoms with Crippen molar-refractivity contribution in [3.05, 3.63) is 70.3 Å². The number of anilines is 1. The van der Waals surface area contributed by atoms with Gasteiger partial charge in [-0.2, -0.15) is 0 Å². The zero-order valence-electron chi connectivity index (χ0n) is 16.6. The Morgan fingerprint density at radius 1 is 1.26 bits per heavy atom. The Hall–Kier alpha value is -2.78. The van der Waals surface area contributed by atoms with Crippen LogP contribution in [0.25, 0.3) is 0 Å². The topological polar surface area (TPSA) is 76.5 Å². The van der Waals surface area contributed by atoms with Crippen LogP contribution in [-0.2, 0) is 11.2 Å². The van der Waals surface area contributed by atoms with Gasteiger partial charge in [-0.1, -0.05) is 11.8 Å². The lowest BCUT2D eigenvalue weighted by atomic mass is 10.1. The van der Waals surface area contributed by atoms with Crippen LogP contribution in [0.1, 0.15) is 29.4 Å². The third kappa shape index (κ3) is 5.11. The zero-order valence-corrected chi connectivity index (χ0v) is 19.0. The van der Waals surface area contributed by atoms with E-state index in [2.05, 4.69) is 31.2 Å². The Labute approximate surface area is 191 Å². The van der Waals surface area contributed by atoms with Crippen molar-refractivity contribution >= 4 is 51.0 Å². The molecule has 158 valence electrons. The number of halogens is 2. The summed E-state index contributed by atoms with van der Waals surface area (Å²) in [4.78, 5) is 27.2. The molecular formula is C22H18BrFN4O2S. The second-order valence-corrected chi connectivity index (χ2v) is 8.62. The van der Waals surface area contributed by atoms with E-state index in [-0.39, 0.29) is 12.2 Å². The fourth-order valence-corrected chi connectivity index (χ4v) is 4.55. The first kappa shape index (κ1) is 21.5. The number of nitrogens with zero attached hydrogens (tertiary/aromatic N) is 3. The molecule has 9 heteroatoms. The van der Waals surface area contributed by atoms with Gasteiger partial charge in [-0.05, 0) is 65.7 Å². The molecule has 1 aliphatic rings. The number of ether oxygens (including phenoxy) is 1. The lowest BCUT2D eigenvalue weighted by Crippen LogP contribution is -2.20. The number of hydrogen-bond acceptors (Lipinski definition) is 6. The average molecular weight is 501 g/mol. The van der Waals surface area contributed by atoms with Crippen molar-refractivity contribution < 1.29 is 13.9 Å². The number of carbonyl (C=O) groups excluding carboxylic acids is 1. The molecule has 0 saturated carbocycles. The Bertz CT molecular complexity index is 1170. The van der Waals surface area contributed by atoms with Crippen LogP contribution in [-0.4, -0.2) is 28.4 Å². The van der Waals surface area contributed by atoms with Gasteiger partial charge in [0.15, 0.2) is 5.82 Å². The Kier molecular flexibility index (Phi) is 6.62. The third-order valence-electron chi connectivity index (χ3n) is 4.47. The largest absolute Gasteiger partial charge is 0.462 e. The summed E-state index contributed by atoms with van der Waals surface area (Å²) in [7, 11) is 0. The number of nitrogens with one attached hydrogen (secondary N) is 1. The molecule has 0 aliphatic carbocycles. The maximum Gasteiger partial charge on any atom is 0.339 e. The number of aromatic nitrogens is 2. The molecule has 3 aromatic rings. The number of esters is 1. The SMILES string of the molecule is CCOC(=O)c1cc(F)ccc1Sc1cc(Br)cnc1N=C1CCc2ncccc2N1. The maximum absolute atomic E-state index is 13.8. The lowest BCUT2D eigenvalue weighted by Gasteiger charge is -2.18. The number of amidine groups is 1. The fourth-order valence-electron chi connectivity index (χ4n) is 3.07. The van der Waals surface area contributed by atoms with Crippen LogP contribution in [0.2, 0.25) is 0 Å². The summed E-state index contributed by atoms with van der Waals surface area (Å²) < 4.78 is 19.6. The molecule has 0 spiro atoms. The molecule has 0 unspecified atom stereocenters. The van der Waals surface area contributed by atoms with Crippen LogP contribution in [0.4, 0.5) is 15.9 Å². The smallest absolute Gasteiger partial charge is 0.339 e. The minimum absolute atomic E-state index is 0.168. The second kappa shape index (κ2) is 9.57. The standard InChI is InChI=1S/C22H18BrFN4O2S/c1-2-30-22(29)15-11-14(24)5-7-18(15)31-19-10-13(23)12-26-21(19)28-20-8-6-16-17(27-20)4-3-9-25-16/h3-5,7,9-12H,2,6,8H2,1H3,(H,26,27,28). The number of fused-ring (bicyclic) bond motifs is 1. The summed E-state index contributed by atoms with van der Waals surface area (Å²) in [5, 5.41) is 3.31. The van der Waals surface area contributed by atoms with Crippen molar-refractivity contribution in [3.63, 3.8) is 0 Å². The van der Waals surface area contributed by atoms with Gasteiger partial charge in [0.1, 0.15) is 11.7 Å². The summed E-state index contributed by atoms with van der Waals surface area (Å²) in [5.74, 6) is 0.210. The van der Waals surface area contributed by atoms with E-state index in [9.17, 15) is 9.18 Å². The third-order valence-corrected chi connectivity index (χ3v) is 5.99. The zero-order chi connectivity index (χ0) is 21.8. The molecule has 0 amide bonds. The number of aryl methyl sites for hydroxylation is 1. The van der Waals surface area contributed by atoms with E-state index in [1.807, 2.05) is 18.2 Å². The first-order valence-electron chi connectivity index (χ1n) is 9.62. The van der Waals surface area contributed by atoms with Crippen LogP contribution < -0.4 is 5.32 Å². The van der Waals surface area contributed by atoms with Crippen molar-refractivity contribution in [1.82, 2.24) is 9.97 Å². The van der Waals surface area contributed by atoms with Crippen molar-refractivity contribution in [2.45, 2.75) is 29.6 Å². The van der Waals surface area contributed by atoms with Gasteiger partial charge in [-0.25, -0.2) is 19.2 Å². The minimum Gasteiger partial charge on any atom is -0.462 e. The van der Waals surface area contributed by atoms with Crippen molar-refractivity contribution in [2.75, 3.05) is 11.9 Å². The van der Waals surface area contributed by atoms with E-state index < -0.39 is 11.8 Å². The monoisotopic (exact) mass is 500 g/mol. The van der Waals surface area contributed by atoms with Gasteiger partial charge in [-0.3, -0.25) is 4.98 Å². The normalized spacial score (nSPS) is 14.1. The van der Waals surface area contributed by atoms with Crippen molar-refractivity contribution in [3.8, 4) is 0 Å². The molecule has 2 aromatic heterocycles. The van der Waals surface area contributed by atoms with E-state index in [1.54, 1.807) is 25.4 Å². The highest BCUT2D eigenvalue weighted by molar-refractivity contribution is 9.10. The van der Waals surface area contributed by atoms with E-state index in [4.69, 9.17) is 9.73 Å². The highest BCUT2D eigenvalue weighted by Gasteiger charge is 2.18. The first-order chi connectivity index (χ1) is 15.0. The van der Waals surface area contributed by atoms with Gasteiger partial charge in [0.05, 0.1) is 28.4 Å². The molecule has 3 heterocycles. The van der Waals surface area contributed by atoms with E-state index in [0.29, 0.717) is 17.1 Å². The van der Waals surface area contributed by atoms with Gasteiger partial charge in [-0.15, -0.1) is 0 Å². The average Bonchev–Trinajstić information content (AvgIpc) is 2.77. The predicted molar refractivity (Wildman–Crippen MR) is 122 cm³/mol. The Balaban J connectivity index is 1.67. The molecule has 0 bridgehead atoms. The molecule has 1 aliphatic heterocycles. The molecule has 0 fully saturated rings. The van der Waals surface area contributed by atoms with Gasteiger partial charge in [0.2, 0.25) is 0 Å². The maximum atomic E-state index is 13.8. The second-order valence-electron chi connectivity index (χ2n) is 6.62. The number of rotatable bonds is 5. The number of benzene rings is 1. The van der Waals surface area contributed by atoms with Crippen LogP contribution >= 0.6 is 27.7 Å². The minimum atomic E-state index is -0.571. The van der Waals surface area contributed by atoms with Crippen LogP contribution in [0.15, 0.2) is 68.0 Å². The highest BCUT2D eigenvalue weighted by atomic mass is 79.9. The molecule has 4 rings (SSSR count). The molecule has 1 N–H and O–H groups in total. The summed E-state index contributed by atoms with van der Waals surface area (Å²) >= 11 is 4.73. The Morgan fingerprint density at radius 3 is 2.97 bits per heavy atom. The van der Waals surface area contributed by atoms with Gasteiger partial charge < -0.3 is 10.1 Å². The lowest BCUT2D eigenvalue weighted by molar-refractivity contribution is 0.0521. The fraction of sp³-hybridized carbons (Fsp3) is 0.182. The number of hydrogen-bond donors (Lipinski definition) is 1. The van der Waals surface area contributed by atoms with Crippen LogP contribution in [0, 0.1) is 5.82 Å². The molecule has 6 nitrogen and oxygen atoms in total. The van der Waals surface area contributed by atoms with Gasteiger partial charge >= 0.3 is 5.97 Å². The summed E-state index contributed by atoms with van der Waals surface area (Å²) in [6, 6.07) is 9.77. The summed E-state index contributed by atoms with van der Waals surface area (Å²) in [6.45, 7) is 1.92. The molecule has 0 saturated heterocycles. The number of aliphatic imine (C=N–C) groups is 1. The quantitative estimate of drug-likeness (QED) is 0.446. The first-order valence-corrected chi connectivity index (χ1v) is 11.2. The molecule has 31 heavy (non-hydrogen) atoms. The molecule has 0 atom stereocenters. The van der Waals surface area contributed by atoms with Crippen molar-refractivity contribution in [1.29, 1.82) is 0 Å². The number of pyridine rings is 2. The van der Waals surface area contributed by atoms with Crippen LogP contribution in [0.5, 0.6) is 0 Å². The molecular weight excluding hydrogens is 483 g/mol. The molecule has 0 radical (unpaired) electrons. The summed E-state index contributed by atoms with van der Waals surface area (Å²) in [6.07, 6.45) is 4.93. The van der Waals surface area contributed by atoms with Crippen LogP contribution in [0.3, 0.4) is 0 Å². The van der Waals surface area contributed by atoms with Gasteiger partial charge in [0.25, 0.3) is 0 Å². The van der Waals surface area contributed by atoms with E-state index in [0.717, 1.165) is 33.0 Å². The highest BCUT2D eigenvalue weighted by Crippen LogP contribution is 2.38. The molecule has 1 aromatic carbocycles.